The second kappa shape index (κ2) is 5.36. The maximum absolute atomic E-state index is 11.8. The molecule has 128 valence electrons. The molecule has 4 aliphatic rings. The molecule has 7 atom stereocenters. The Morgan fingerprint density at radius 1 is 1.09 bits per heavy atom. The highest BCUT2D eigenvalue weighted by Crippen LogP contribution is 2.65. The van der Waals surface area contributed by atoms with Crippen LogP contribution >= 0.6 is 0 Å². The third-order valence-corrected chi connectivity index (χ3v) is 8.74. The molecule has 1 saturated heterocycles. The van der Waals surface area contributed by atoms with Crippen molar-refractivity contribution in [3.63, 3.8) is 0 Å². The smallest absolute Gasteiger partial charge is 0.220 e. The predicted molar refractivity (Wildman–Crippen MR) is 93.9 cm³/mol. The van der Waals surface area contributed by atoms with Crippen molar-refractivity contribution in [2.75, 3.05) is 0 Å². The van der Waals surface area contributed by atoms with Crippen LogP contribution in [0, 0.1) is 34.5 Å². The number of hydrogen-bond acceptors (Lipinski definition) is 1. The maximum Gasteiger partial charge on any atom is 0.220 e. The van der Waals surface area contributed by atoms with Gasteiger partial charge in [-0.25, -0.2) is 0 Å². The molecular weight excluding hydrogens is 282 g/mol. The van der Waals surface area contributed by atoms with Crippen LogP contribution in [0.2, 0.25) is 0 Å². The van der Waals surface area contributed by atoms with Gasteiger partial charge in [-0.05, 0) is 85.9 Å². The van der Waals surface area contributed by atoms with Crippen LogP contribution < -0.4 is 5.32 Å². The van der Waals surface area contributed by atoms with E-state index in [1.165, 1.54) is 44.9 Å². The third kappa shape index (κ3) is 2.16. The number of hydrogen-bond donors (Lipinski definition) is 1. The van der Waals surface area contributed by atoms with E-state index < -0.39 is 0 Å². The van der Waals surface area contributed by atoms with Crippen LogP contribution in [0.25, 0.3) is 0 Å². The van der Waals surface area contributed by atoms with Gasteiger partial charge in [0, 0.05) is 12.5 Å². The maximum atomic E-state index is 11.8. The lowest BCUT2D eigenvalue weighted by molar-refractivity contribution is -0.136. The Balaban J connectivity index is 1.60. The van der Waals surface area contributed by atoms with Crippen molar-refractivity contribution in [1.82, 2.24) is 5.32 Å². The van der Waals surface area contributed by atoms with E-state index in [2.05, 4.69) is 31.8 Å². The van der Waals surface area contributed by atoms with Gasteiger partial charge >= 0.3 is 0 Å². The minimum atomic E-state index is 0.290. The lowest BCUT2D eigenvalue weighted by Gasteiger charge is -2.60. The van der Waals surface area contributed by atoms with E-state index in [0.717, 1.165) is 36.5 Å². The first-order chi connectivity index (χ1) is 11.0. The van der Waals surface area contributed by atoms with Crippen LogP contribution in [0.5, 0.6) is 0 Å². The summed E-state index contributed by atoms with van der Waals surface area (Å²) in [5, 5.41) is 3.34. The van der Waals surface area contributed by atoms with Crippen LogP contribution in [0.4, 0.5) is 0 Å². The van der Waals surface area contributed by atoms with Crippen LogP contribution in [-0.4, -0.2) is 11.9 Å². The van der Waals surface area contributed by atoms with Crippen LogP contribution in [0.1, 0.15) is 71.6 Å². The summed E-state index contributed by atoms with van der Waals surface area (Å²) in [5.41, 5.74) is 0.908. The molecule has 0 radical (unpaired) electrons. The average molecular weight is 316 g/mol. The molecule has 0 spiro atoms. The van der Waals surface area contributed by atoms with Crippen molar-refractivity contribution in [2.24, 2.45) is 34.5 Å². The molecule has 1 amide bonds. The van der Waals surface area contributed by atoms with Crippen molar-refractivity contribution in [3.05, 3.63) is 12.7 Å². The number of amides is 1. The molecule has 0 aromatic heterocycles. The van der Waals surface area contributed by atoms with Gasteiger partial charge in [0.1, 0.15) is 0 Å². The molecule has 3 saturated carbocycles. The number of carbonyl (C=O) groups excluding carboxylic acids is 1. The fourth-order valence-corrected chi connectivity index (χ4v) is 7.40. The van der Waals surface area contributed by atoms with Gasteiger partial charge in [0.2, 0.25) is 5.91 Å². The Hall–Kier alpha value is -0.790. The van der Waals surface area contributed by atoms with Crippen LogP contribution in [0.3, 0.4) is 0 Å². The summed E-state index contributed by atoms with van der Waals surface area (Å²) in [7, 11) is 0. The molecule has 2 heteroatoms. The summed E-state index contributed by atoms with van der Waals surface area (Å²) in [4.78, 5) is 11.8. The summed E-state index contributed by atoms with van der Waals surface area (Å²) in [5.74, 6) is 3.81. The highest BCUT2D eigenvalue weighted by Gasteiger charge is 2.59. The van der Waals surface area contributed by atoms with Gasteiger partial charge in [-0.2, -0.15) is 0 Å². The van der Waals surface area contributed by atoms with Gasteiger partial charge in [-0.15, -0.1) is 6.58 Å². The molecule has 3 aliphatic carbocycles. The van der Waals surface area contributed by atoms with E-state index in [1.54, 1.807) is 0 Å². The Kier molecular flexibility index (Phi) is 3.66. The fraction of sp³-hybridized carbons (Fsp3) is 0.857. The zero-order valence-electron chi connectivity index (χ0n) is 14.9. The van der Waals surface area contributed by atoms with E-state index in [0.29, 0.717) is 22.8 Å². The van der Waals surface area contributed by atoms with Crippen molar-refractivity contribution >= 4 is 5.91 Å². The SMILES string of the molecule is C=CCC1CC[C@H]2[C@@H]3CCC4NC(=O)CC[C@]4(C)[C@@H]3CC[C@]12C. The molecule has 1 aliphatic heterocycles. The molecule has 4 rings (SSSR count). The zero-order valence-corrected chi connectivity index (χ0v) is 14.9. The largest absolute Gasteiger partial charge is 0.353 e. The first-order valence-electron chi connectivity index (χ1n) is 9.89. The molecule has 0 aromatic rings. The number of rotatable bonds is 2. The summed E-state index contributed by atoms with van der Waals surface area (Å²) in [6.07, 6.45) is 13.4. The van der Waals surface area contributed by atoms with Gasteiger partial charge < -0.3 is 5.32 Å². The minimum Gasteiger partial charge on any atom is -0.353 e. The standard InChI is InChI=1S/C21H33NO/c1-4-5-14-6-8-16-15-7-9-18-21(3,13-11-19(23)22-18)17(15)10-12-20(14,16)2/h4,14-18H,1,5-13H2,2-3H3,(H,22,23)/t14?,15-,16-,17+,18?,20+,21+/m0/s1. The Bertz CT molecular complexity index is 514. The molecule has 1 N–H and O–H groups in total. The first-order valence-corrected chi connectivity index (χ1v) is 9.89. The first kappa shape index (κ1) is 15.7. The van der Waals surface area contributed by atoms with E-state index in [1.807, 2.05) is 0 Å². The molecule has 23 heavy (non-hydrogen) atoms. The lowest BCUT2D eigenvalue weighted by Crippen LogP contribution is -2.61. The van der Waals surface area contributed by atoms with Crippen molar-refractivity contribution in [3.8, 4) is 0 Å². The lowest BCUT2D eigenvalue weighted by atomic mass is 9.47. The summed E-state index contributed by atoms with van der Waals surface area (Å²) < 4.78 is 0. The highest BCUT2D eigenvalue weighted by molar-refractivity contribution is 5.77. The molecule has 2 unspecified atom stereocenters. The number of carbonyl (C=O) groups is 1. The highest BCUT2D eigenvalue weighted by atomic mass is 16.1. The average Bonchev–Trinajstić information content (AvgIpc) is 2.85. The van der Waals surface area contributed by atoms with E-state index in [9.17, 15) is 4.79 Å². The van der Waals surface area contributed by atoms with Gasteiger partial charge in [0.15, 0.2) is 0 Å². The predicted octanol–water partition coefficient (Wildman–Crippen LogP) is 4.70. The minimum absolute atomic E-state index is 0.290. The number of piperidine rings is 1. The summed E-state index contributed by atoms with van der Waals surface area (Å²) >= 11 is 0. The normalized spacial score (nSPS) is 52.1. The molecular formula is C21H33NO. The fourth-order valence-electron chi connectivity index (χ4n) is 7.40. The third-order valence-electron chi connectivity index (χ3n) is 8.74. The molecule has 4 fully saturated rings. The number of fused-ring (bicyclic) bond motifs is 5. The monoisotopic (exact) mass is 315 g/mol. The zero-order chi connectivity index (χ0) is 16.2. The van der Waals surface area contributed by atoms with E-state index in [-0.39, 0.29) is 0 Å². The van der Waals surface area contributed by atoms with Crippen molar-refractivity contribution in [1.29, 1.82) is 0 Å². The van der Waals surface area contributed by atoms with Crippen molar-refractivity contribution in [2.45, 2.75) is 77.7 Å². The Morgan fingerprint density at radius 2 is 1.87 bits per heavy atom. The van der Waals surface area contributed by atoms with E-state index >= 15 is 0 Å². The second-order valence-electron chi connectivity index (χ2n) is 9.42. The molecule has 0 bridgehead atoms. The van der Waals surface area contributed by atoms with Crippen molar-refractivity contribution < 1.29 is 4.79 Å². The topological polar surface area (TPSA) is 29.1 Å². The number of allylic oxidation sites excluding steroid dienone is 1. The molecule has 0 aromatic carbocycles. The van der Waals surface area contributed by atoms with Gasteiger partial charge in [-0.3, -0.25) is 4.79 Å². The van der Waals surface area contributed by atoms with Crippen LogP contribution in [-0.2, 0) is 4.79 Å². The quantitative estimate of drug-likeness (QED) is 0.735. The number of nitrogens with one attached hydrogen (secondary N) is 1. The van der Waals surface area contributed by atoms with Gasteiger partial charge in [0.05, 0.1) is 0 Å². The summed E-state index contributed by atoms with van der Waals surface area (Å²) in [6, 6.07) is 0.444. The molecule has 2 nitrogen and oxygen atoms in total. The van der Waals surface area contributed by atoms with E-state index in [4.69, 9.17) is 0 Å². The van der Waals surface area contributed by atoms with Gasteiger partial charge in [-0.1, -0.05) is 19.9 Å². The Morgan fingerprint density at radius 3 is 2.65 bits per heavy atom. The molecule has 1 heterocycles. The second-order valence-corrected chi connectivity index (χ2v) is 9.42. The van der Waals surface area contributed by atoms with Gasteiger partial charge in [0.25, 0.3) is 0 Å². The summed E-state index contributed by atoms with van der Waals surface area (Å²) in [6.45, 7) is 9.09. The Labute approximate surface area is 141 Å². The van der Waals surface area contributed by atoms with Crippen LogP contribution in [0.15, 0.2) is 12.7 Å².